The van der Waals surface area contributed by atoms with Crippen LogP contribution in [0.1, 0.15) is 40.5 Å². The van der Waals surface area contributed by atoms with E-state index in [9.17, 15) is 0 Å². The van der Waals surface area contributed by atoms with Crippen LogP contribution in [0, 0.1) is 17.8 Å². The summed E-state index contributed by atoms with van der Waals surface area (Å²) in [7, 11) is -1.04. The maximum Gasteiger partial charge on any atom is 0.0559 e. The van der Waals surface area contributed by atoms with E-state index in [1.165, 1.54) is 12.8 Å². The van der Waals surface area contributed by atoms with Crippen molar-refractivity contribution in [2.45, 2.75) is 64.2 Å². The van der Waals surface area contributed by atoms with Crippen molar-refractivity contribution in [2.24, 2.45) is 17.8 Å². The lowest BCUT2D eigenvalue weighted by atomic mass is 9.96. The van der Waals surface area contributed by atoms with Crippen LogP contribution in [-0.2, 0) is 0 Å². The molecule has 2 aliphatic carbocycles. The zero-order chi connectivity index (χ0) is 11.9. The van der Waals surface area contributed by atoms with Crippen LogP contribution in [0.5, 0.6) is 0 Å². The van der Waals surface area contributed by atoms with Crippen molar-refractivity contribution < 1.29 is 0 Å². The summed E-state index contributed by atoms with van der Waals surface area (Å²) in [6, 6.07) is 1.58. The molecule has 0 radical (unpaired) electrons. The average Bonchev–Trinajstić information content (AvgIpc) is 2.78. The molecule has 0 spiro atoms. The zero-order valence-corrected chi connectivity index (χ0v) is 12.7. The molecule has 0 aromatic carbocycles. The average molecular weight is 236 g/mol. The van der Waals surface area contributed by atoms with Crippen molar-refractivity contribution in [3.8, 4) is 0 Å². The highest BCUT2D eigenvalue weighted by atomic mass is 28.3. The normalized spacial score (nSPS) is 33.3. The molecule has 0 aromatic heterocycles. The fourth-order valence-corrected chi connectivity index (χ4v) is 7.71. The van der Waals surface area contributed by atoms with Crippen LogP contribution < -0.4 is 0 Å². The van der Waals surface area contributed by atoms with E-state index in [1.54, 1.807) is 6.04 Å². The van der Waals surface area contributed by atoms with E-state index in [0.717, 1.165) is 28.8 Å². The van der Waals surface area contributed by atoms with E-state index in [-0.39, 0.29) is 0 Å². The molecule has 92 valence electrons. The highest BCUT2D eigenvalue weighted by Gasteiger charge is 2.43. The summed E-state index contributed by atoms with van der Waals surface area (Å²) in [5, 5.41) is 0. The van der Waals surface area contributed by atoms with Gasteiger partial charge >= 0.3 is 0 Å². The summed E-state index contributed by atoms with van der Waals surface area (Å²) < 4.78 is 0. The van der Waals surface area contributed by atoms with E-state index in [0.29, 0.717) is 0 Å². The van der Waals surface area contributed by atoms with Crippen LogP contribution in [0.4, 0.5) is 0 Å². The van der Waals surface area contributed by atoms with Gasteiger partial charge in [0, 0.05) is 0 Å². The van der Waals surface area contributed by atoms with Crippen LogP contribution in [0.2, 0.25) is 23.7 Å². The third-order valence-electron chi connectivity index (χ3n) is 5.76. The fraction of sp³-hybridized carbons (Fsp3) is 0.867. The lowest BCUT2D eigenvalue weighted by Gasteiger charge is -2.39. The van der Waals surface area contributed by atoms with Gasteiger partial charge in [0.2, 0.25) is 0 Å². The van der Waals surface area contributed by atoms with Crippen LogP contribution in [0.3, 0.4) is 0 Å². The molecule has 0 saturated heterocycles. The summed E-state index contributed by atoms with van der Waals surface area (Å²) >= 11 is 0. The van der Waals surface area contributed by atoms with E-state index >= 15 is 0 Å². The van der Waals surface area contributed by atoms with Gasteiger partial charge in [-0.2, -0.15) is 0 Å². The number of allylic oxidation sites excluding steroid dienone is 2. The quantitative estimate of drug-likeness (QED) is 0.471. The van der Waals surface area contributed by atoms with Gasteiger partial charge in [0.1, 0.15) is 0 Å². The van der Waals surface area contributed by atoms with Crippen molar-refractivity contribution >= 4 is 8.07 Å². The Bertz CT molecular complexity index is 269. The molecule has 1 fully saturated rings. The predicted molar refractivity (Wildman–Crippen MR) is 75.5 cm³/mol. The lowest BCUT2D eigenvalue weighted by Crippen LogP contribution is -2.40. The Morgan fingerprint density at radius 1 is 1.06 bits per heavy atom. The van der Waals surface area contributed by atoms with Gasteiger partial charge in [-0.3, -0.25) is 0 Å². The summed E-state index contributed by atoms with van der Waals surface area (Å²) in [6.45, 7) is 12.5. The molecule has 0 aromatic rings. The fourth-order valence-electron chi connectivity index (χ4n) is 3.83. The van der Waals surface area contributed by atoms with Gasteiger partial charge in [0.15, 0.2) is 0 Å². The second-order valence-electron chi connectivity index (χ2n) is 7.06. The zero-order valence-electron chi connectivity index (χ0n) is 11.7. The highest BCUT2D eigenvalue weighted by molar-refractivity contribution is 6.81. The summed E-state index contributed by atoms with van der Waals surface area (Å²) in [5.74, 6) is 2.94. The molecule has 16 heavy (non-hydrogen) atoms. The number of hydrogen-bond donors (Lipinski definition) is 0. The van der Waals surface area contributed by atoms with Crippen molar-refractivity contribution in [1.29, 1.82) is 0 Å². The lowest BCUT2D eigenvalue weighted by molar-refractivity contribution is 0.481. The van der Waals surface area contributed by atoms with Gasteiger partial charge in [0.25, 0.3) is 0 Å². The first-order valence-electron chi connectivity index (χ1n) is 7.11. The Labute approximate surface area is 103 Å². The largest absolute Gasteiger partial charge is 0.0851 e. The second kappa shape index (κ2) is 4.32. The first kappa shape index (κ1) is 12.4. The molecular formula is C15H28Si. The number of fused-ring (bicyclic) bond motifs is 2. The van der Waals surface area contributed by atoms with Crippen molar-refractivity contribution in [3.63, 3.8) is 0 Å². The standard InChI is InChI=1S/C15H28Si/c1-11(2)16(5,12(3)4)10-15-9-13-6-7-14(15)8-13/h6-7,11-15H,8-10H2,1-5H3. The first-order valence-corrected chi connectivity index (χ1v) is 9.98. The molecule has 0 heterocycles. The summed E-state index contributed by atoms with van der Waals surface area (Å²) in [5.41, 5.74) is 1.88. The molecule has 0 N–H and O–H groups in total. The Balaban J connectivity index is 2.05. The summed E-state index contributed by atoms with van der Waals surface area (Å²) in [4.78, 5) is 0. The molecule has 1 saturated carbocycles. The van der Waals surface area contributed by atoms with Gasteiger partial charge < -0.3 is 0 Å². The second-order valence-corrected chi connectivity index (χ2v) is 12.8. The van der Waals surface area contributed by atoms with Gasteiger partial charge in [0.05, 0.1) is 8.07 Å². The minimum Gasteiger partial charge on any atom is -0.0851 e. The Morgan fingerprint density at radius 2 is 1.69 bits per heavy atom. The molecule has 0 nitrogen and oxygen atoms in total. The third-order valence-corrected chi connectivity index (χ3v) is 12.4. The molecule has 3 atom stereocenters. The maximum absolute atomic E-state index is 2.65. The van der Waals surface area contributed by atoms with E-state index in [1.807, 2.05) is 0 Å². The molecule has 0 aliphatic heterocycles. The number of rotatable bonds is 4. The molecule has 2 bridgehead atoms. The van der Waals surface area contributed by atoms with Gasteiger partial charge in [-0.05, 0) is 30.6 Å². The van der Waals surface area contributed by atoms with Crippen molar-refractivity contribution in [3.05, 3.63) is 12.2 Å². The van der Waals surface area contributed by atoms with E-state index in [4.69, 9.17) is 0 Å². The smallest absolute Gasteiger partial charge is 0.0559 e. The van der Waals surface area contributed by atoms with E-state index in [2.05, 4.69) is 46.4 Å². The van der Waals surface area contributed by atoms with Gasteiger partial charge in [-0.15, -0.1) is 0 Å². The SMILES string of the molecule is CC(C)[Si](C)(CC1CC2C=CC1C2)C(C)C. The highest BCUT2D eigenvalue weighted by Crippen LogP contribution is 2.50. The first-order chi connectivity index (χ1) is 7.43. The minimum atomic E-state index is -1.04. The summed E-state index contributed by atoms with van der Waals surface area (Å²) in [6.07, 6.45) is 7.98. The molecule has 2 rings (SSSR count). The number of hydrogen-bond acceptors (Lipinski definition) is 0. The minimum absolute atomic E-state index is 0.940. The van der Waals surface area contributed by atoms with Crippen LogP contribution >= 0.6 is 0 Å². The van der Waals surface area contributed by atoms with Gasteiger partial charge in [-0.25, -0.2) is 0 Å². The Morgan fingerprint density at radius 3 is 2.06 bits per heavy atom. The Kier molecular flexibility index (Phi) is 3.36. The molecule has 0 amide bonds. The van der Waals surface area contributed by atoms with Crippen molar-refractivity contribution in [1.82, 2.24) is 0 Å². The Hall–Kier alpha value is -0.0431. The molecule has 1 heteroatoms. The molecule has 2 aliphatic rings. The molecular weight excluding hydrogens is 208 g/mol. The van der Waals surface area contributed by atoms with Gasteiger partial charge in [-0.1, -0.05) is 63.5 Å². The topological polar surface area (TPSA) is 0 Å². The van der Waals surface area contributed by atoms with Crippen LogP contribution in [0.25, 0.3) is 0 Å². The van der Waals surface area contributed by atoms with Crippen molar-refractivity contribution in [2.75, 3.05) is 0 Å². The van der Waals surface area contributed by atoms with E-state index < -0.39 is 8.07 Å². The predicted octanol–water partition coefficient (Wildman–Crippen LogP) is 5.10. The third kappa shape index (κ3) is 2.03. The molecule has 3 unspecified atom stereocenters. The van der Waals surface area contributed by atoms with Crippen LogP contribution in [-0.4, -0.2) is 8.07 Å². The maximum atomic E-state index is 2.65. The monoisotopic (exact) mass is 236 g/mol. The van der Waals surface area contributed by atoms with Crippen LogP contribution in [0.15, 0.2) is 12.2 Å².